The first kappa shape index (κ1) is 27.3. The number of nitrogens with two attached hydrogens (primary N) is 1. The number of piperidine rings is 1. The Kier molecular flexibility index (Phi) is 8.69. The lowest BCUT2D eigenvalue weighted by Gasteiger charge is -2.31. The molecule has 1 amide bonds. The van der Waals surface area contributed by atoms with Gasteiger partial charge in [0.25, 0.3) is 5.91 Å². The Morgan fingerprint density at radius 3 is 2.38 bits per heavy atom. The van der Waals surface area contributed by atoms with Crippen molar-refractivity contribution >= 4 is 26.8 Å². The number of hydrogen-bond acceptors (Lipinski definition) is 5. The van der Waals surface area contributed by atoms with Crippen molar-refractivity contribution in [3.8, 4) is 11.1 Å². The van der Waals surface area contributed by atoms with Gasteiger partial charge in [-0.1, -0.05) is 30.3 Å². The van der Waals surface area contributed by atoms with Gasteiger partial charge in [-0.05, 0) is 88.2 Å². The molecule has 3 N–H and O–H groups in total. The highest BCUT2D eigenvalue weighted by molar-refractivity contribution is 7.89. The van der Waals surface area contributed by atoms with E-state index in [1.807, 2.05) is 63.7 Å². The van der Waals surface area contributed by atoms with Gasteiger partial charge in [0, 0.05) is 31.2 Å². The van der Waals surface area contributed by atoms with Crippen molar-refractivity contribution in [1.82, 2.24) is 19.1 Å². The molecular weight excluding hydrogens is 486 g/mol. The number of benzene rings is 2. The van der Waals surface area contributed by atoms with Crippen LogP contribution in [0.2, 0.25) is 0 Å². The van der Waals surface area contributed by atoms with Crippen LogP contribution < -0.4 is 5.73 Å². The van der Waals surface area contributed by atoms with Crippen LogP contribution >= 0.6 is 0 Å². The summed E-state index contributed by atoms with van der Waals surface area (Å²) < 4.78 is 27.7. The second kappa shape index (κ2) is 11.8. The minimum absolute atomic E-state index is 0.144. The molecular formula is C28H39N5O3S. The lowest BCUT2D eigenvalue weighted by Crippen LogP contribution is -2.41. The quantitative estimate of drug-likeness (QED) is 0.400. The van der Waals surface area contributed by atoms with E-state index in [1.165, 1.54) is 0 Å². The summed E-state index contributed by atoms with van der Waals surface area (Å²) in [5.41, 5.74) is 10.0. The summed E-state index contributed by atoms with van der Waals surface area (Å²) in [4.78, 5) is 19.8. The van der Waals surface area contributed by atoms with Gasteiger partial charge in [0.1, 0.15) is 0 Å². The number of carbonyl (C=O) groups is 1. The number of sulfonamides is 1. The van der Waals surface area contributed by atoms with E-state index in [0.29, 0.717) is 25.2 Å². The van der Waals surface area contributed by atoms with Gasteiger partial charge in [-0.25, -0.2) is 12.7 Å². The average molecular weight is 526 g/mol. The van der Waals surface area contributed by atoms with Gasteiger partial charge in [-0.2, -0.15) is 0 Å². The van der Waals surface area contributed by atoms with E-state index in [-0.39, 0.29) is 11.7 Å². The summed E-state index contributed by atoms with van der Waals surface area (Å²) in [7, 11) is 2.77. The fourth-order valence-corrected chi connectivity index (χ4v) is 6.76. The van der Waals surface area contributed by atoms with Gasteiger partial charge in [0.15, 0.2) is 0 Å². The number of fused-ring (bicyclic) bond motifs is 1. The fraction of sp³-hybridized carbons (Fsp3) is 0.464. The second-order valence-electron chi connectivity index (χ2n) is 10.4. The summed E-state index contributed by atoms with van der Waals surface area (Å²) in [5, 5.41) is 0.982. The number of aromatic amines is 1. The van der Waals surface area contributed by atoms with Gasteiger partial charge in [-0.3, -0.25) is 4.79 Å². The standard InChI is InChI=1S/C28H39N5O3S/c1-31(2)12-7-13-32(3)16-17-37(35,36)33-14-10-22(11-15-33)26-20-30-27-24(26)18-23(19-25(27)28(29)34)21-8-5-4-6-9-21/h4-6,8-9,18-20,22,30H,7,10-17H2,1-3H3,(H2,29,34). The SMILES string of the molecule is CN(C)CCCN(C)CCS(=O)(=O)N1CCC(c2c[nH]c3c(C(N)=O)cc(-c4ccccc4)cc23)CC1. The molecule has 1 aliphatic rings. The second-order valence-corrected chi connectivity index (χ2v) is 12.5. The maximum atomic E-state index is 13.0. The molecule has 1 aliphatic heterocycles. The first-order chi connectivity index (χ1) is 17.7. The molecule has 200 valence electrons. The first-order valence-electron chi connectivity index (χ1n) is 13.0. The van der Waals surface area contributed by atoms with Crippen molar-refractivity contribution in [2.45, 2.75) is 25.2 Å². The van der Waals surface area contributed by atoms with E-state index in [2.05, 4.69) is 20.9 Å². The molecule has 4 rings (SSSR count). The van der Waals surface area contributed by atoms with Crippen molar-refractivity contribution in [2.75, 3.05) is 59.6 Å². The Balaban J connectivity index is 1.45. The topological polar surface area (TPSA) is 103 Å². The van der Waals surface area contributed by atoms with E-state index >= 15 is 0 Å². The monoisotopic (exact) mass is 525 g/mol. The molecule has 0 unspecified atom stereocenters. The molecule has 0 aliphatic carbocycles. The Morgan fingerprint density at radius 2 is 1.73 bits per heavy atom. The molecule has 0 atom stereocenters. The smallest absolute Gasteiger partial charge is 0.250 e. The van der Waals surface area contributed by atoms with Gasteiger partial charge < -0.3 is 20.5 Å². The van der Waals surface area contributed by atoms with Gasteiger partial charge in [-0.15, -0.1) is 0 Å². The maximum Gasteiger partial charge on any atom is 0.250 e. The van der Waals surface area contributed by atoms with E-state index in [0.717, 1.165) is 59.9 Å². The van der Waals surface area contributed by atoms with Crippen LogP contribution in [0.4, 0.5) is 0 Å². The van der Waals surface area contributed by atoms with Crippen molar-refractivity contribution in [2.24, 2.45) is 5.73 Å². The Bertz CT molecular complexity index is 1310. The fourth-order valence-electron chi connectivity index (χ4n) is 5.20. The molecule has 37 heavy (non-hydrogen) atoms. The molecule has 2 heterocycles. The highest BCUT2D eigenvalue weighted by Crippen LogP contribution is 2.37. The minimum Gasteiger partial charge on any atom is -0.366 e. The molecule has 9 heteroatoms. The number of aromatic nitrogens is 1. The van der Waals surface area contributed by atoms with Crippen LogP contribution in [0.15, 0.2) is 48.7 Å². The predicted molar refractivity (Wildman–Crippen MR) is 150 cm³/mol. The number of amides is 1. The van der Waals surface area contributed by atoms with Crippen LogP contribution in [0.5, 0.6) is 0 Å². The Hall–Kier alpha value is -2.72. The summed E-state index contributed by atoms with van der Waals surface area (Å²) in [6, 6.07) is 13.9. The molecule has 3 aromatic rings. The van der Waals surface area contributed by atoms with Gasteiger partial charge >= 0.3 is 0 Å². The van der Waals surface area contributed by atoms with Crippen molar-refractivity contribution in [3.63, 3.8) is 0 Å². The summed E-state index contributed by atoms with van der Waals surface area (Å²) in [5.74, 6) is -0.115. The summed E-state index contributed by atoms with van der Waals surface area (Å²) in [6.07, 6.45) is 4.46. The average Bonchev–Trinajstić information content (AvgIpc) is 3.31. The zero-order chi connectivity index (χ0) is 26.6. The van der Waals surface area contributed by atoms with Crippen LogP contribution in [0.1, 0.15) is 41.1 Å². The lowest BCUT2D eigenvalue weighted by molar-refractivity contribution is 0.100. The van der Waals surface area contributed by atoms with E-state index < -0.39 is 15.9 Å². The lowest BCUT2D eigenvalue weighted by atomic mass is 9.88. The number of nitrogens with zero attached hydrogens (tertiary/aromatic N) is 3. The Labute approximate surface area is 220 Å². The van der Waals surface area contributed by atoms with E-state index in [4.69, 9.17) is 5.73 Å². The zero-order valence-electron chi connectivity index (χ0n) is 22.1. The molecule has 2 aromatic carbocycles. The largest absolute Gasteiger partial charge is 0.366 e. The number of primary amides is 1. The maximum absolute atomic E-state index is 13.0. The third-order valence-electron chi connectivity index (χ3n) is 7.36. The number of carbonyl (C=O) groups excluding carboxylic acids is 1. The number of rotatable bonds is 11. The van der Waals surface area contributed by atoms with Crippen molar-refractivity contribution in [3.05, 3.63) is 59.8 Å². The molecule has 1 saturated heterocycles. The van der Waals surface area contributed by atoms with Gasteiger partial charge in [0.2, 0.25) is 10.0 Å². The Morgan fingerprint density at radius 1 is 1.03 bits per heavy atom. The number of hydrogen-bond donors (Lipinski definition) is 2. The molecule has 8 nitrogen and oxygen atoms in total. The first-order valence-corrected chi connectivity index (χ1v) is 14.6. The highest BCUT2D eigenvalue weighted by atomic mass is 32.2. The normalized spacial score (nSPS) is 15.7. The molecule has 1 fully saturated rings. The minimum atomic E-state index is -3.30. The zero-order valence-corrected chi connectivity index (χ0v) is 22.9. The number of nitrogens with one attached hydrogen (secondary N) is 1. The third-order valence-corrected chi connectivity index (χ3v) is 9.21. The third kappa shape index (κ3) is 6.59. The molecule has 1 aromatic heterocycles. The van der Waals surface area contributed by atoms with Crippen LogP contribution in [0.25, 0.3) is 22.0 Å². The molecule has 0 spiro atoms. The van der Waals surface area contributed by atoms with Crippen LogP contribution in [0.3, 0.4) is 0 Å². The predicted octanol–water partition coefficient (Wildman–Crippen LogP) is 3.33. The van der Waals surface area contributed by atoms with Crippen LogP contribution in [0, 0.1) is 0 Å². The summed E-state index contributed by atoms with van der Waals surface area (Å²) in [6.45, 7) is 3.42. The van der Waals surface area contributed by atoms with E-state index in [1.54, 1.807) is 4.31 Å². The summed E-state index contributed by atoms with van der Waals surface area (Å²) >= 11 is 0. The van der Waals surface area contributed by atoms with Crippen molar-refractivity contribution < 1.29 is 13.2 Å². The molecule has 0 radical (unpaired) electrons. The van der Waals surface area contributed by atoms with Crippen LogP contribution in [-0.2, 0) is 10.0 Å². The number of H-pyrrole nitrogens is 1. The van der Waals surface area contributed by atoms with Crippen molar-refractivity contribution in [1.29, 1.82) is 0 Å². The molecule has 0 saturated carbocycles. The van der Waals surface area contributed by atoms with E-state index in [9.17, 15) is 13.2 Å². The highest BCUT2D eigenvalue weighted by Gasteiger charge is 2.30. The van der Waals surface area contributed by atoms with Gasteiger partial charge in [0.05, 0.1) is 16.8 Å². The van der Waals surface area contributed by atoms with Crippen LogP contribution in [-0.4, -0.2) is 93.0 Å². The molecule has 0 bridgehead atoms.